The first-order valence-corrected chi connectivity index (χ1v) is 10.1. The largest absolute Gasteiger partial charge is 0.573 e. The van der Waals surface area contributed by atoms with Crippen LogP contribution in [0.5, 0.6) is 5.75 Å². The topological polar surface area (TPSA) is 58.6 Å². The molecule has 5 rings (SSSR count). The van der Waals surface area contributed by atoms with E-state index in [4.69, 9.17) is 0 Å². The Balaban J connectivity index is 1.18. The number of benzene rings is 1. The maximum Gasteiger partial charge on any atom is 0.573 e. The predicted octanol–water partition coefficient (Wildman–Crippen LogP) is 3.13. The quantitative estimate of drug-likeness (QED) is 0.836. The standard InChI is InChI=1S/C21H23F3N2O3/c22-21(23,24)29-16-3-1-14(2-4-16)20-7-8-26(12-15(20)11-20)18(28)13-9-19(10-13)6-5-17(27)25-19/h1-4,13,15H,5-12H2,(H,25,27)/t13?,15?,19?,20-/m0/s1. The number of likely N-dealkylation sites (tertiary alicyclic amines) is 1. The lowest BCUT2D eigenvalue weighted by molar-refractivity contribution is -0.274. The summed E-state index contributed by atoms with van der Waals surface area (Å²) in [7, 11) is 0. The first-order valence-electron chi connectivity index (χ1n) is 10.1. The van der Waals surface area contributed by atoms with Crippen molar-refractivity contribution in [1.82, 2.24) is 10.2 Å². The highest BCUT2D eigenvalue weighted by molar-refractivity contribution is 5.84. The number of hydrogen-bond acceptors (Lipinski definition) is 3. The number of nitrogens with zero attached hydrogens (tertiary/aromatic N) is 1. The molecule has 0 radical (unpaired) electrons. The van der Waals surface area contributed by atoms with Crippen LogP contribution in [-0.4, -0.2) is 41.7 Å². The van der Waals surface area contributed by atoms with Gasteiger partial charge in [-0.3, -0.25) is 9.59 Å². The Morgan fingerprint density at radius 1 is 1.14 bits per heavy atom. The van der Waals surface area contributed by atoms with Crippen molar-refractivity contribution in [2.45, 2.75) is 55.8 Å². The highest BCUT2D eigenvalue weighted by Crippen LogP contribution is 2.59. The maximum atomic E-state index is 12.9. The van der Waals surface area contributed by atoms with Crippen molar-refractivity contribution in [3.8, 4) is 5.75 Å². The second-order valence-electron chi connectivity index (χ2n) is 9.10. The molecule has 2 aliphatic heterocycles. The number of amides is 2. The van der Waals surface area contributed by atoms with E-state index >= 15 is 0 Å². The molecule has 1 aromatic carbocycles. The molecule has 1 aromatic rings. The summed E-state index contributed by atoms with van der Waals surface area (Å²) in [6, 6.07) is 6.18. The van der Waals surface area contributed by atoms with Crippen LogP contribution in [0.4, 0.5) is 13.2 Å². The Bertz CT molecular complexity index is 848. The van der Waals surface area contributed by atoms with Gasteiger partial charge in [-0.2, -0.15) is 0 Å². The minimum Gasteiger partial charge on any atom is -0.406 e. The second-order valence-corrected chi connectivity index (χ2v) is 9.10. The fraction of sp³-hybridized carbons (Fsp3) is 0.619. The van der Waals surface area contributed by atoms with E-state index in [-0.39, 0.29) is 34.4 Å². The van der Waals surface area contributed by atoms with Crippen molar-refractivity contribution >= 4 is 11.8 Å². The number of nitrogens with one attached hydrogen (secondary N) is 1. The van der Waals surface area contributed by atoms with Crippen LogP contribution in [-0.2, 0) is 15.0 Å². The van der Waals surface area contributed by atoms with Gasteiger partial charge in [0.15, 0.2) is 0 Å². The number of carbonyl (C=O) groups is 2. The molecule has 2 amide bonds. The van der Waals surface area contributed by atoms with Gasteiger partial charge >= 0.3 is 6.36 Å². The molecular formula is C21H23F3N2O3. The Morgan fingerprint density at radius 2 is 1.86 bits per heavy atom. The summed E-state index contributed by atoms with van der Waals surface area (Å²) in [5.74, 6) is 0.420. The molecule has 2 saturated heterocycles. The van der Waals surface area contributed by atoms with Crippen molar-refractivity contribution in [3.63, 3.8) is 0 Å². The lowest BCUT2D eigenvalue weighted by atomic mass is 9.67. The fourth-order valence-electron chi connectivity index (χ4n) is 5.70. The number of fused-ring (bicyclic) bond motifs is 1. The fourth-order valence-corrected chi connectivity index (χ4v) is 5.70. The number of carbonyl (C=O) groups excluding carboxylic acids is 2. The molecule has 4 aliphatic rings. The first-order chi connectivity index (χ1) is 13.7. The average molecular weight is 408 g/mol. The number of hydrogen-bond donors (Lipinski definition) is 1. The SMILES string of the molecule is O=C1CCC2(CC(C(=O)N3CC[C@@]4(c5ccc(OC(F)(F)F)cc5)CC4C3)C2)N1. The number of ether oxygens (including phenoxy) is 1. The summed E-state index contributed by atoms with van der Waals surface area (Å²) in [5.41, 5.74) is 0.866. The van der Waals surface area contributed by atoms with Gasteiger partial charge in [-0.05, 0) is 55.7 Å². The summed E-state index contributed by atoms with van der Waals surface area (Å²) < 4.78 is 41.0. The van der Waals surface area contributed by atoms with E-state index in [2.05, 4.69) is 10.1 Å². The van der Waals surface area contributed by atoms with Crippen LogP contribution < -0.4 is 10.1 Å². The van der Waals surface area contributed by atoms with Gasteiger partial charge in [-0.1, -0.05) is 12.1 Å². The minimum absolute atomic E-state index is 0.00143. The van der Waals surface area contributed by atoms with Crippen molar-refractivity contribution < 1.29 is 27.5 Å². The molecule has 1 N–H and O–H groups in total. The molecule has 2 atom stereocenters. The molecule has 0 bridgehead atoms. The summed E-state index contributed by atoms with van der Waals surface area (Å²) in [6.07, 6.45) is -0.0278. The monoisotopic (exact) mass is 408 g/mol. The van der Waals surface area contributed by atoms with Crippen LogP contribution in [0.15, 0.2) is 24.3 Å². The predicted molar refractivity (Wildman–Crippen MR) is 96.9 cm³/mol. The van der Waals surface area contributed by atoms with Gasteiger partial charge < -0.3 is 15.0 Å². The number of halogens is 3. The molecule has 2 saturated carbocycles. The molecule has 29 heavy (non-hydrogen) atoms. The summed E-state index contributed by atoms with van der Waals surface area (Å²) in [6.45, 7) is 1.38. The molecule has 2 heterocycles. The van der Waals surface area contributed by atoms with Gasteiger partial charge in [0.2, 0.25) is 11.8 Å². The van der Waals surface area contributed by atoms with Gasteiger partial charge in [0, 0.05) is 36.4 Å². The van der Waals surface area contributed by atoms with E-state index in [0.717, 1.165) is 37.7 Å². The highest BCUT2D eigenvalue weighted by atomic mass is 19.4. The average Bonchev–Trinajstić information content (AvgIpc) is 3.24. The van der Waals surface area contributed by atoms with E-state index < -0.39 is 6.36 Å². The highest BCUT2D eigenvalue weighted by Gasteiger charge is 2.59. The summed E-state index contributed by atoms with van der Waals surface area (Å²) in [4.78, 5) is 26.3. The Labute approximate surface area is 166 Å². The maximum absolute atomic E-state index is 12.9. The summed E-state index contributed by atoms with van der Waals surface area (Å²) in [5, 5.41) is 3.03. The number of alkyl halides is 3. The zero-order valence-corrected chi connectivity index (χ0v) is 15.9. The van der Waals surface area contributed by atoms with Crippen molar-refractivity contribution in [2.24, 2.45) is 11.8 Å². The zero-order valence-electron chi connectivity index (χ0n) is 15.9. The first kappa shape index (κ1) is 18.8. The molecule has 1 unspecified atom stereocenters. The lowest BCUT2D eigenvalue weighted by Gasteiger charge is -2.46. The summed E-state index contributed by atoms with van der Waals surface area (Å²) >= 11 is 0. The normalized spacial score (nSPS) is 35.7. The zero-order chi connectivity index (χ0) is 20.4. The van der Waals surface area contributed by atoms with Gasteiger partial charge in [0.1, 0.15) is 5.75 Å². The molecule has 8 heteroatoms. The Morgan fingerprint density at radius 3 is 2.45 bits per heavy atom. The van der Waals surface area contributed by atoms with Crippen molar-refractivity contribution in [1.29, 1.82) is 0 Å². The van der Waals surface area contributed by atoms with E-state index in [1.165, 1.54) is 12.1 Å². The van der Waals surface area contributed by atoms with E-state index in [0.29, 0.717) is 25.4 Å². The third kappa shape index (κ3) is 3.26. The van der Waals surface area contributed by atoms with Crippen molar-refractivity contribution in [2.75, 3.05) is 13.1 Å². The number of rotatable bonds is 3. The van der Waals surface area contributed by atoms with E-state index in [9.17, 15) is 22.8 Å². The molecule has 156 valence electrons. The molecule has 4 fully saturated rings. The third-order valence-corrected chi connectivity index (χ3v) is 7.33. The van der Waals surface area contributed by atoms with Crippen LogP contribution in [0.2, 0.25) is 0 Å². The minimum atomic E-state index is -4.69. The van der Waals surface area contributed by atoms with Gasteiger partial charge in [0.05, 0.1) is 0 Å². The van der Waals surface area contributed by atoms with Crippen LogP contribution in [0.1, 0.15) is 44.1 Å². The second kappa shape index (κ2) is 6.12. The smallest absolute Gasteiger partial charge is 0.406 e. The molecule has 0 aromatic heterocycles. The molecule has 5 nitrogen and oxygen atoms in total. The van der Waals surface area contributed by atoms with Crippen LogP contribution in [0.25, 0.3) is 0 Å². The number of piperidine rings is 1. The van der Waals surface area contributed by atoms with Crippen LogP contribution >= 0.6 is 0 Å². The Kier molecular flexibility index (Phi) is 3.96. The van der Waals surface area contributed by atoms with Crippen LogP contribution in [0.3, 0.4) is 0 Å². The van der Waals surface area contributed by atoms with Gasteiger partial charge in [0.25, 0.3) is 0 Å². The van der Waals surface area contributed by atoms with E-state index in [1.54, 1.807) is 12.1 Å². The van der Waals surface area contributed by atoms with Gasteiger partial charge in [-0.15, -0.1) is 13.2 Å². The molecule has 2 aliphatic carbocycles. The third-order valence-electron chi connectivity index (χ3n) is 7.33. The lowest BCUT2D eigenvalue weighted by Crippen LogP contribution is -2.57. The molecular weight excluding hydrogens is 385 g/mol. The van der Waals surface area contributed by atoms with Crippen molar-refractivity contribution in [3.05, 3.63) is 29.8 Å². The van der Waals surface area contributed by atoms with E-state index in [1.807, 2.05) is 4.90 Å². The Hall–Kier alpha value is -2.25. The van der Waals surface area contributed by atoms with Crippen LogP contribution in [0, 0.1) is 11.8 Å². The van der Waals surface area contributed by atoms with Gasteiger partial charge in [-0.25, -0.2) is 0 Å². The molecule has 1 spiro atoms.